The predicted octanol–water partition coefficient (Wildman–Crippen LogP) is 1.68. The molecule has 2 aliphatic carbocycles. The van der Waals surface area contributed by atoms with Crippen molar-refractivity contribution in [1.82, 2.24) is 15.1 Å². The molecule has 1 saturated carbocycles. The minimum Gasteiger partial charge on any atom is -0.455 e. The molecule has 2 saturated heterocycles. The summed E-state index contributed by atoms with van der Waals surface area (Å²) in [4.78, 5) is 13.1. The molecule has 2 aromatic rings. The molecule has 1 N–H and O–H groups in total. The maximum absolute atomic E-state index is 13.1. The molecule has 9 nitrogen and oxygen atoms in total. The van der Waals surface area contributed by atoms with E-state index in [-0.39, 0.29) is 18.1 Å². The summed E-state index contributed by atoms with van der Waals surface area (Å²) in [5, 5.41) is 7.89. The summed E-state index contributed by atoms with van der Waals surface area (Å²) in [7, 11) is 0. The van der Waals surface area contributed by atoms with Crippen molar-refractivity contribution < 1.29 is 28.2 Å². The van der Waals surface area contributed by atoms with Crippen LogP contribution in [0.15, 0.2) is 10.6 Å². The Balaban J connectivity index is 1.25. The van der Waals surface area contributed by atoms with Crippen LogP contribution in [0.5, 0.6) is 0 Å². The van der Waals surface area contributed by atoms with Gasteiger partial charge < -0.3 is 28.7 Å². The highest BCUT2D eigenvalue weighted by atomic mass is 16.6. The third-order valence-electron chi connectivity index (χ3n) is 6.56. The van der Waals surface area contributed by atoms with Crippen molar-refractivity contribution in [3.63, 3.8) is 0 Å². The lowest BCUT2D eigenvalue weighted by atomic mass is 9.91. The van der Waals surface area contributed by atoms with Crippen LogP contribution in [0, 0.1) is 0 Å². The molecular weight excluding hydrogens is 414 g/mol. The van der Waals surface area contributed by atoms with Crippen LogP contribution in [-0.2, 0) is 38.3 Å². The second-order valence-electron chi connectivity index (χ2n) is 8.99. The van der Waals surface area contributed by atoms with Crippen LogP contribution in [0.3, 0.4) is 0 Å². The molecule has 0 radical (unpaired) electrons. The van der Waals surface area contributed by atoms with E-state index in [0.717, 1.165) is 48.3 Å². The molecule has 0 spiro atoms. The first-order valence-corrected chi connectivity index (χ1v) is 11.7. The average Bonchev–Trinajstić information content (AvgIpc) is 3.46. The van der Waals surface area contributed by atoms with E-state index in [9.17, 15) is 4.79 Å². The van der Waals surface area contributed by atoms with Gasteiger partial charge in [0.1, 0.15) is 11.9 Å². The highest BCUT2D eigenvalue weighted by Crippen LogP contribution is 2.50. The number of amides is 1. The van der Waals surface area contributed by atoms with E-state index in [1.54, 1.807) is 0 Å². The zero-order chi connectivity index (χ0) is 21.5. The van der Waals surface area contributed by atoms with Crippen LogP contribution in [0.2, 0.25) is 0 Å². The Morgan fingerprint density at radius 3 is 2.56 bits per heavy atom. The van der Waals surface area contributed by atoms with Gasteiger partial charge in [-0.2, -0.15) is 5.10 Å². The van der Waals surface area contributed by atoms with Crippen molar-refractivity contribution in [2.24, 2.45) is 0 Å². The van der Waals surface area contributed by atoms with E-state index in [4.69, 9.17) is 28.5 Å². The van der Waals surface area contributed by atoms with Gasteiger partial charge in [0, 0.05) is 30.3 Å². The van der Waals surface area contributed by atoms with Gasteiger partial charge >= 0.3 is 0 Å². The van der Waals surface area contributed by atoms with Crippen molar-refractivity contribution in [2.45, 2.75) is 50.4 Å². The first kappa shape index (κ1) is 20.4. The molecule has 2 aliphatic heterocycles. The Hall–Kier alpha value is -2.20. The van der Waals surface area contributed by atoms with Crippen LogP contribution in [-0.4, -0.2) is 74.1 Å². The molecule has 2 atom stereocenters. The lowest BCUT2D eigenvalue weighted by Gasteiger charge is -2.22. The fraction of sp³-hybridized carbons (Fsp3) is 0.652. The average molecular weight is 444 g/mol. The maximum Gasteiger partial charge on any atom is 0.287 e. The van der Waals surface area contributed by atoms with Crippen LogP contribution >= 0.6 is 0 Å². The monoisotopic (exact) mass is 443 g/mol. The van der Waals surface area contributed by atoms with Gasteiger partial charge in [-0.05, 0) is 30.7 Å². The van der Waals surface area contributed by atoms with Crippen molar-refractivity contribution in [2.75, 3.05) is 46.2 Å². The molecule has 0 unspecified atom stereocenters. The largest absolute Gasteiger partial charge is 0.455 e. The van der Waals surface area contributed by atoms with Crippen LogP contribution in [0.1, 0.15) is 46.2 Å². The Morgan fingerprint density at radius 1 is 1.06 bits per heavy atom. The second kappa shape index (κ2) is 8.62. The Labute approximate surface area is 186 Å². The predicted molar refractivity (Wildman–Crippen MR) is 113 cm³/mol. The van der Waals surface area contributed by atoms with Gasteiger partial charge in [0.2, 0.25) is 0 Å². The second-order valence-corrected chi connectivity index (χ2v) is 8.99. The minimum absolute atomic E-state index is 0.0177. The van der Waals surface area contributed by atoms with Gasteiger partial charge in [-0.25, -0.2) is 0 Å². The van der Waals surface area contributed by atoms with Gasteiger partial charge in [0.25, 0.3) is 5.91 Å². The van der Waals surface area contributed by atoms with Crippen LogP contribution < -0.4 is 5.32 Å². The van der Waals surface area contributed by atoms with Crippen molar-refractivity contribution in [3.8, 4) is 11.3 Å². The summed E-state index contributed by atoms with van der Waals surface area (Å²) < 4.78 is 30.5. The highest BCUT2D eigenvalue weighted by molar-refractivity contribution is 5.96. The number of aromatic nitrogens is 2. The van der Waals surface area contributed by atoms with Gasteiger partial charge in [0.15, 0.2) is 5.76 Å². The topological polar surface area (TPSA) is 97.0 Å². The Morgan fingerprint density at radius 2 is 1.84 bits per heavy atom. The molecule has 1 amide bonds. The summed E-state index contributed by atoms with van der Waals surface area (Å²) in [5.41, 5.74) is 4.23. The fourth-order valence-electron chi connectivity index (χ4n) is 4.85. The Kier molecular flexibility index (Phi) is 5.50. The molecule has 4 heterocycles. The third-order valence-corrected chi connectivity index (χ3v) is 6.56. The third kappa shape index (κ3) is 3.98. The molecule has 6 rings (SSSR count). The molecular formula is C23H29N3O6. The molecule has 0 aromatic carbocycles. The number of nitrogens with one attached hydrogen (secondary N) is 1. The number of fused-ring (bicyclic) bond motifs is 3. The SMILES string of the molecule is O=C(NC[C@@H]1COCCO1)c1oc2c(c1C1CC1)-c1nn(C[C@H]3COCCO3)cc1CC2. The highest BCUT2D eigenvalue weighted by Gasteiger charge is 2.39. The number of nitrogens with zero attached hydrogens (tertiary/aromatic N) is 2. The van der Waals surface area contributed by atoms with E-state index >= 15 is 0 Å². The number of aryl methyl sites for hydroxylation is 2. The van der Waals surface area contributed by atoms with E-state index in [1.807, 2.05) is 4.68 Å². The number of ether oxygens (including phenoxy) is 4. The molecule has 172 valence electrons. The summed E-state index contributed by atoms with van der Waals surface area (Å²) >= 11 is 0. The smallest absolute Gasteiger partial charge is 0.287 e. The van der Waals surface area contributed by atoms with E-state index in [2.05, 4.69) is 11.5 Å². The number of hydrogen-bond donors (Lipinski definition) is 1. The first-order valence-electron chi connectivity index (χ1n) is 11.7. The molecule has 9 heteroatoms. The number of hydrogen-bond acceptors (Lipinski definition) is 7. The normalized spacial score (nSPS) is 25.2. The zero-order valence-corrected chi connectivity index (χ0v) is 18.1. The number of rotatable bonds is 6. The number of furan rings is 1. The summed E-state index contributed by atoms with van der Waals surface area (Å²) in [5.74, 6) is 1.51. The van der Waals surface area contributed by atoms with Crippen LogP contribution in [0.4, 0.5) is 0 Å². The van der Waals surface area contributed by atoms with Crippen molar-refractivity contribution in [3.05, 3.63) is 28.8 Å². The summed E-state index contributed by atoms with van der Waals surface area (Å²) in [6, 6.07) is 0. The first-order chi connectivity index (χ1) is 15.8. The van der Waals surface area contributed by atoms with Gasteiger partial charge in [-0.15, -0.1) is 0 Å². The van der Waals surface area contributed by atoms with E-state index in [1.165, 1.54) is 5.56 Å². The molecule has 4 aliphatic rings. The molecule has 32 heavy (non-hydrogen) atoms. The van der Waals surface area contributed by atoms with Crippen molar-refractivity contribution in [1.29, 1.82) is 0 Å². The standard InChI is InChI=1S/C23H29N3O6/c27-23(24-9-16-12-28-5-7-30-16)22-19(14-1-2-14)20-18(32-22)4-3-15-10-26(25-21(15)20)11-17-13-29-6-8-31-17/h10,14,16-17H,1-9,11-13H2,(H,24,27)/t16-,17+/m1/s1. The summed E-state index contributed by atoms with van der Waals surface area (Å²) in [6.07, 6.45) is 5.81. The zero-order valence-electron chi connectivity index (χ0n) is 18.1. The quantitative estimate of drug-likeness (QED) is 0.726. The summed E-state index contributed by atoms with van der Waals surface area (Å²) in [6.45, 7) is 4.62. The lowest BCUT2D eigenvalue weighted by molar-refractivity contribution is -0.0946. The number of carbonyl (C=O) groups is 1. The van der Waals surface area contributed by atoms with E-state index in [0.29, 0.717) is 64.4 Å². The van der Waals surface area contributed by atoms with Gasteiger partial charge in [-0.1, -0.05) is 0 Å². The molecule has 2 aromatic heterocycles. The van der Waals surface area contributed by atoms with E-state index < -0.39 is 0 Å². The fourth-order valence-corrected chi connectivity index (χ4v) is 4.85. The van der Waals surface area contributed by atoms with Gasteiger partial charge in [-0.3, -0.25) is 9.48 Å². The Bertz CT molecular complexity index is 982. The molecule has 0 bridgehead atoms. The molecule has 3 fully saturated rings. The van der Waals surface area contributed by atoms with Gasteiger partial charge in [0.05, 0.1) is 58.0 Å². The van der Waals surface area contributed by atoms with Crippen molar-refractivity contribution >= 4 is 5.91 Å². The lowest BCUT2D eigenvalue weighted by Crippen LogP contribution is -2.39. The maximum atomic E-state index is 13.1. The number of carbonyl (C=O) groups excluding carboxylic acids is 1. The van der Waals surface area contributed by atoms with Crippen LogP contribution in [0.25, 0.3) is 11.3 Å². The minimum atomic E-state index is -0.177.